The molecule has 2 rings (SSSR count). The van der Waals surface area contributed by atoms with Gasteiger partial charge in [0.1, 0.15) is 5.75 Å². The number of azide groups is 1. The van der Waals surface area contributed by atoms with E-state index in [9.17, 15) is 9.59 Å². The molecule has 0 radical (unpaired) electrons. The Labute approximate surface area is 229 Å². The van der Waals surface area contributed by atoms with Gasteiger partial charge in [-0.1, -0.05) is 11.2 Å². The van der Waals surface area contributed by atoms with Crippen LogP contribution in [0.25, 0.3) is 10.4 Å². The average Bonchev–Trinajstić information content (AvgIpc) is 3.04. The Morgan fingerprint density at radius 1 is 1.10 bits per heavy atom. The molecule has 1 amide bonds. The lowest BCUT2D eigenvalue weighted by molar-refractivity contribution is -0.147. The largest absolute Gasteiger partial charge is 0.494 e. The lowest BCUT2D eigenvalue weighted by Gasteiger charge is -2.24. The number of nitrogens with one attached hydrogen (secondary N) is 1. The van der Waals surface area contributed by atoms with Crippen molar-refractivity contribution in [2.75, 3.05) is 66.4 Å². The third kappa shape index (κ3) is 12.8. The summed E-state index contributed by atoms with van der Waals surface area (Å²) in [4.78, 5) is 29.7. The number of unbranched alkanes of at least 4 members (excludes halogenated alkanes) is 1. The molecule has 0 spiro atoms. The Morgan fingerprint density at radius 2 is 1.82 bits per heavy atom. The van der Waals surface area contributed by atoms with Gasteiger partial charge in [0.05, 0.1) is 71.5 Å². The van der Waals surface area contributed by atoms with Crippen LogP contribution in [0.3, 0.4) is 0 Å². The lowest BCUT2D eigenvalue weighted by atomic mass is 9.94. The summed E-state index contributed by atoms with van der Waals surface area (Å²) in [6, 6.07) is 5.79. The normalized spacial score (nSPS) is 14.7. The number of nitrogens with zero attached hydrogens (tertiary/aromatic N) is 4. The number of nitrogens with two attached hydrogens (primary N) is 1. The van der Waals surface area contributed by atoms with Crippen molar-refractivity contribution in [2.45, 2.75) is 38.6 Å². The van der Waals surface area contributed by atoms with Crippen molar-refractivity contribution in [2.24, 2.45) is 16.8 Å². The van der Waals surface area contributed by atoms with Crippen molar-refractivity contribution in [1.29, 1.82) is 5.41 Å². The van der Waals surface area contributed by atoms with E-state index in [2.05, 4.69) is 10.0 Å². The minimum atomic E-state index is -0.515. The van der Waals surface area contributed by atoms with Crippen LogP contribution >= 0.6 is 0 Å². The van der Waals surface area contributed by atoms with Crippen molar-refractivity contribution in [1.82, 2.24) is 4.90 Å². The zero-order valence-electron chi connectivity index (χ0n) is 22.6. The van der Waals surface area contributed by atoms with Crippen LogP contribution in [0, 0.1) is 11.3 Å². The molecular formula is C26H40N6O7. The standard InChI is InChI=1S/C26H40N6O7/c1-35-25(33)18-21-16-20-5-6-23(39-9-3-2-4-24(27)28)17-22(20)19-32(26(21)34)8-11-37-13-15-38-14-12-36-10-7-30-31-29/h5-6,17,21H,2-4,7-16,18-19H2,1H3,(H3,27,28)/t21-/m0/s1. The van der Waals surface area contributed by atoms with Gasteiger partial charge in [-0.25, -0.2) is 0 Å². The number of ether oxygens (including phenoxy) is 5. The van der Waals surface area contributed by atoms with E-state index >= 15 is 0 Å². The number of esters is 1. The first-order chi connectivity index (χ1) is 18.9. The first kappa shape index (κ1) is 31.8. The predicted molar refractivity (Wildman–Crippen MR) is 143 cm³/mol. The maximum Gasteiger partial charge on any atom is 0.306 e. The minimum Gasteiger partial charge on any atom is -0.494 e. The molecule has 1 aliphatic heterocycles. The second-order valence-corrected chi connectivity index (χ2v) is 8.99. The van der Waals surface area contributed by atoms with Crippen molar-refractivity contribution in [3.63, 3.8) is 0 Å². The molecule has 1 aliphatic rings. The molecule has 0 fully saturated rings. The van der Waals surface area contributed by atoms with Crippen LogP contribution in [0.5, 0.6) is 5.75 Å². The second kappa shape index (κ2) is 18.8. The van der Waals surface area contributed by atoms with Crippen LogP contribution in [-0.2, 0) is 41.5 Å². The second-order valence-electron chi connectivity index (χ2n) is 8.99. The van der Waals surface area contributed by atoms with E-state index in [0.29, 0.717) is 77.9 Å². The van der Waals surface area contributed by atoms with Crippen LogP contribution < -0.4 is 10.5 Å². The molecule has 1 heterocycles. The zero-order valence-corrected chi connectivity index (χ0v) is 22.6. The van der Waals surface area contributed by atoms with Crippen molar-refractivity contribution < 1.29 is 33.3 Å². The number of carbonyl (C=O) groups is 2. The van der Waals surface area contributed by atoms with Crippen LogP contribution in [0.15, 0.2) is 23.3 Å². The summed E-state index contributed by atoms with van der Waals surface area (Å²) in [5.41, 5.74) is 15.6. The maximum atomic E-state index is 13.3. The van der Waals surface area contributed by atoms with Gasteiger partial charge < -0.3 is 34.3 Å². The molecule has 216 valence electrons. The molecule has 0 bridgehead atoms. The molecule has 3 N–H and O–H groups in total. The highest BCUT2D eigenvalue weighted by Crippen LogP contribution is 2.28. The quantitative estimate of drug-likeness (QED) is 0.0474. The predicted octanol–water partition coefficient (Wildman–Crippen LogP) is 2.60. The van der Waals surface area contributed by atoms with Gasteiger partial charge in [-0.3, -0.25) is 15.0 Å². The van der Waals surface area contributed by atoms with E-state index in [-0.39, 0.29) is 24.7 Å². The Kier molecular flexibility index (Phi) is 15.3. The fourth-order valence-corrected chi connectivity index (χ4v) is 4.04. The number of hydrogen-bond donors (Lipinski definition) is 2. The summed E-state index contributed by atoms with van der Waals surface area (Å²) in [7, 11) is 1.32. The summed E-state index contributed by atoms with van der Waals surface area (Å²) >= 11 is 0. The number of amidine groups is 1. The van der Waals surface area contributed by atoms with Crippen LogP contribution in [0.4, 0.5) is 0 Å². The highest BCUT2D eigenvalue weighted by atomic mass is 16.5. The Morgan fingerprint density at radius 3 is 2.51 bits per heavy atom. The molecule has 0 unspecified atom stereocenters. The van der Waals surface area contributed by atoms with Gasteiger partial charge in [-0.15, -0.1) is 0 Å². The highest BCUT2D eigenvalue weighted by molar-refractivity contribution is 5.84. The van der Waals surface area contributed by atoms with Gasteiger partial charge in [-0.05, 0) is 48.1 Å². The number of rotatable bonds is 20. The van der Waals surface area contributed by atoms with E-state index in [1.165, 1.54) is 7.11 Å². The molecule has 1 aromatic rings. The zero-order chi connectivity index (χ0) is 28.3. The molecule has 1 atom stereocenters. The fraction of sp³-hybridized carbons (Fsp3) is 0.654. The topological polar surface area (TPSA) is 182 Å². The van der Waals surface area contributed by atoms with Crippen LogP contribution in [0.1, 0.15) is 36.8 Å². The number of carbonyl (C=O) groups excluding carboxylic acids is 2. The van der Waals surface area contributed by atoms with Gasteiger partial charge in [0, 0.05) is 31.0 Å². The van der Waals surface area contributed by atoms with E-state index in [4.69, 9.17) is 40.4 Å². The summed E-state index contributed by atoms with van der Waals surface area (Å²) in [6.45, 7) is 3.78. The summed E-state index contributed by atoms with van der Waals surface area (Å²) < 4.78 is 27.1. The summed E-state index contributed by atoms with van der Waals surface area (Å²) in [5.74, 6) is -0.156. The number of amides is 1. The lowest BCUT2D eigenvalue weighted by Crippen LogP contribution is -2.38. The summed E-state index contributed by atoms with van der Waals surface area (Å²) in [5, 5.41) is 10.7. The molecule has 0 aromatic heterocycles. The molecule has 0 aliphatic carbocycles. The average molecular weight is 549 g/mol. The van der Waals surface area contributed by atoms with Gasteiger partial charge >= 0.3 is 5.97 Å². The molecule has 39 heavy (non-hydrogen) atoms. The molecule has 13 nitrogen and oxygen atoms in total. The Hall–Kier alpha value is -3.38. The first-order valence-corrected chi connectivity index (χ1v) is 13.1. The number of methoxy groups -OCH3 is 1. The number of benzene rings is 1. The van der Waals surface area contributed by atoms with E-state index in [1.807, 2.05) is 18.2 Å². The number of fused-ring (bicyclic) bond motifs is 1. The van der Waals surface area contributed by atoms with Crippen molar-refractivity contribution in [3.8, 4) is 5.75 Å². The third-order valence-corrected chi connectivity index (χ3v) is 6.06. The molecule has 0 saturated carbocycles. The molecule has 1 aromatic carbocycles. The van der Waals surface area contributed by atoms with Crippen molar-refractivity contribution in [3.05, 3.63) is 39.8 Å². The molecule has 0 saturated heterocycles. The smallest absolute Gasteiger partial charge is 0.306 e. The van der Waals surface area contributed by atoms with Gasteiger partial charge in [0.2, 0.25) is 5.91 Å². The van der Waals surface area contributed by atoms with E-state index < -0.39 is 11.9 Å². The van der Waals surface area contributed by atoms with E-state index in [1.54, 1.807) is 4.90 Å². The van der Waals surface area contributed by atoms with Gasteiger partial charge in [0.25, 0.3) is 0 Å². The monoisotopic (exact) mass is 548 g/mol. The first-order valence-electron chi connectivity index (χ1n) is 13.1. The molecular weight excluding hydrogens is 508 g/mol. The van der Waals surface area contributed by atoms with Crippen LogP contribution in [0.2, 0.25) is 0 Å². The Bertz CT molecular complexity index is 970. The SMILES string of the molecule is COC(=O)C[C@@H]1Cc2ccc(OCCCCC(=N)N)cc2CN(CCOCCOCCOCCN=[N+]=[N-])C1=O. The van der Waals surface area contributed by atoms with Gasteiger partial charge in [0.15, 0.2) is 0 Å². The van der Waals surface area contributed by atoms with Crippen LogP contribution in [-0.4, -0.2) is 89.1 Å². The van der Waals surface area contributed by atoms with Gasteiger partial charge in [-0.2, -0.15) is 0 Å². The fourth-order valence-electron chi connectivity index (χ4n) is 4.04. The number of hydrogen-bond acceptors (Lipinski definition) is 9. The summed E-state index contributed by atoms with van der Waals surface area (Å²) in [6.07, 6.45) is 2.58. The highest BCUT2D eigenvalue weighted by Gasteiger charge is 2.31. The molecule has 13 heteroatoms. The van der Waals surface area contributed by atoms with E-state index in [0.717, 1.165) is 24.0 Å². The maximum absolute atomic E-state index is 13.3. The van der Waals surface area contributed by atoms with Crippen molar-refractivity contribution >= 4 is 17.7 Å². The third-order valence-electron chi connectivity index (χ3n) is 6.06. The minimum absolute atomic E-state index is 0.0132. The Balaban J connectivity index is 1.86.